The molecule has 2 N–H and O–H groups in total. The van der Waals surface area contributed by atoms with Crippen LogP contribution in [-0.4, -0.2) is 28.0 Å². The molecule has 1 heterocycles. The highest BCUT2D eigenvalue weighted by molar-refractivity contribution is 5.80. The zero-order valence-electron chi connectivity index (χ0n) is 9.45. The molecule has 15 heavy (non-hydrogen) atoms. The maximum absolute atomic E-state index is 11.3. The van der Waals surface area contributed by atoms with E-state index in [-0.39, 0.29) is 18.5 Å². The maximum Gasteiger partial charge on any atom is 0.239 e. The number of aromatic nitrogens is 2. The van der Waals surface area contributed by atoms with Crippen LogP contribution in [0.2, 0.25) is 0 Å². The van der Waals surface area contributed by atoms with Gasteiger partial charge in [0.05, 0.1) is 6.54 Å². The smallest absolute Gasteiger partial charge is 0.239 e. The quantitative estimate of drug-likeness (QED) is 0.757. The zero-order chi connectivity index (χ0) is 11.3. The predicted molar refractivity (Wildman–Crippen MR) is 59.7 cm³/mol. The van der Waals surface area contributed by atoms with Gasteiger partial charge in [-0.25, -0.2) is 4.98 Å². The SMILES string of the molecule is CCn1ccnc1NCC(=O)NC(C)C. The fraction of sp³-hybridized carbons (Fsp3) is 0.600. The van der Waals surface area contributed by atoms with Crippen LogP contribution in [-0.2, 0) is 11.3 Å². The van der Waals surface area contributed by atoms with E-state index in [1.54, 1.807) is 6.20 Å². The Balaban J connectivity index is 2.40. The Labute approximate surface area is 89.9 Å². The molecule has 0 saturated heterocycles. The molecule has 1 aromatic rings. The second-order valence-corrected chi connectivity index (χ2v) is 3.61. The Morgan fingerprint density at radius 3 is 2.93 bits per heavy atom. The number of imidazole rings is 1. The molecular weight excluding hydrogens is 192 g/mol. The number of nitrogens with one attached hydrogen (secondary N) is 2. The lowest BCUT2D eigenvalue weighted by Crippen LogP contribution is -2.35. The van der Waals surface area contributed by atoms with Crippen LogP contribution in [0.4, 0.5) is 5.95 Å². The summed E-state index contributed by atoms with van der Waals surface area (Å²) in [6.45, 7) is 7.00. The first-order valence-electron chi connectivity index (χ1n) is 5.17. The van der Waals surface area contributed by atoms with Gasteiger partial charge in [-0.15, -0.1) is 0 Å². The number of carbonyl (C=O) groups is 1. The molecule has 1 aromatic heterocycles. The monoisotopic (exact) mass is 210 g/mol. The summed E-state index contributed by atoms with van der Waals surface area (Å²) in [5.41, 5.74) is 0. The van der Waals surface area contributed by atoms with E-state index in [0.717, 1.165) is 12.5 Å². The highest BCUT2D eigenvalue weighted by atomic mass is 16.1. The third-order valence-corrected chi connectivity index (χ3v) is 1.91. The van der Waals surface area contributed by atoms with Gasteiger partial charge in [-0.3, -0.25) is 4.79 Å². The normalized spacial score (nSPS) is 10.4. The van der Waals surface area contributed by atoms with Gasteiger partial charge in [-0.2, -0.15) is 0 Å². The van der Waals surface area contributed by atoms with Crippen molar-refractivity contribution in [3.63, 3.8) is 0 Å². The maximum atomic E-state index is 11.3. The van der Waals surface area contributed by atoms with Crippen LogP contribution in [0.15, 0.2) is 12.4 Å². The molecule has 0 radical (unpaired) electrons. The highest BCUT2D eigenvalue weighted by Crippen LogP contribution is 2.02. The summed E-state index contributed by atoms with van der Waals surface area (Å²) >= 11 is 0. The van der Waals surface area contributed by atoms with Gasteiger partial charge in [-0.05, 0) is 20.8 Å². The lowest BCUT2D eigenvalue weighted by Gasteiger charge is -2.10. The van der Waals surface area contributed by atoms with Crippen LogP contribution < -0.4 is 10.6 Å². The first-order valence-corrected chi connectivity index (χ1v) is 5.17. The van der Waals surface area contributed by atoms with Gasteiger partial charge in [0.15, 0.2) is 0 Å². The van der Waals surface area contributed by atoms with Crippen molar-refractivity contribution < 1.29 is 4.79 Å². The molecule has 84 valence electrons. The number of rotatable bonds is 5. The molecule has 5 nitrogen and oxygen atoms in total. The Bertz CT molecular complexity index is 319. The molecule has 0 aliphatic rings. The second kappa shape index (κ2) is 5.38. The van der Waals surface area contributed by atoms with Crippen molar-refractivity contribution in [1.29, 1.82) is 0 Å². The zero-order valence-corrected chi connectivity index (χ0v) is 9.45. The van der Waals surface area contributed by atoms with Gasteiger partial charge in [0, 0.05) is 25.0 Å². The molecule has 0 bridgehead atoms. The van der Waals surface area contributed by atoms with Crippen LogP contribution >= 0.6 is 0 Å². The minimum Gasteiger partial charge on any atom is -0.352 e. The van der Waals surface area contributed by atoms with E-state index < -0.39 is 0 Å². The Morgan fingerprint density at radius 2 is 2.33 bits per heavy atom. The third kappa shape index (κ3) is 3.61. The van der Waals surface area contributed by atoms with Gasteiger partial charge in [0.25, 0.3) is 0 Å². The van der Waals surface area contributed by atoms with Gasteiger partial charge < -0.3 is 15.2 Å². The largest absolute Gasteiger partial charge is 0.352 e. The fourth-order valence-electron chi connectivity index (χ4n) is 1.26. The first kappa shape index (κ1) is 11.6. The number of aryl methyl sites for hydroxylation is 1. The van der Waals surface area contributed by atoms with Crippen molar-refractivity contribution in [2.45, 2.75) is 33.4 Å². The van der Waals surface area contributed by atoms with E-state index in [9.17, 15) is 4.79 Å². The van der Waals surface area contributed by atoms with E-state index >= 15 is 0 Å². The summed E-state index contributed by atoms with van der Waals surface area (Å²) in [6, 6.07) is 0.172. The van der Waals surface area contributed by atoms with E-state index in [1.807, 2.05) is 31.5 Å². The molecule has 0 aliphatic heterocycles. The highest BCUT2D eigenvalue weighted by Gasteiger charge is 2.05. The average Bonchev–Trinajstić information content (AvgIpc) is 2.60. The minimum atomic E-state index is -0.0179. The molecule has 0 aliphatic carbocycles. The first-order chi connectivity index (χ1) is 7.13. The molecule has 1 rings (SSSR count). The number of hydrogen-bond acceptors (Lipinski definition) is 3. The number of anilines is 1. The minimum absolute atomic E-state index is 0.0179. The molecule has 0 aromatic carbocycles. The summed E-state index contributed by atoms with van der Waals surface area (Å²) in [5.74, 6) is 0.715. The summed E-state index contributed by atoms with van der Waals surface area (Å²) in [5, 5.41) is 5.79. The molecule has 0 fully saturated rings. The molecule has 0 atom stereocenters. The van der Waals surface area contributed by atoms with Crippen molar-refractivity contribution in [1.82, 2.24) is 14.9 Å². The lowest BCUT2D eigenvalue weighted by atomic mass is 10.4. The molecule has 0 saturated carbocycles. The van der Waals surface area contributed by atoms with Crippen LogP contribution in [0.25, 0.3) is 0 Å². The molecule has 0 spiro atoms. The van der Waals surface area contributed by atoms with Crippen molar-refractivity contribution in [3.05, 3.63) is 12.4 Å². The lowest BCUT2D eigenvalue weighted by molar-refractivity contribution is -0.119. The average molecular weight is 210 g/mol. The predicted octanol–water partition coefficient (Wildman–Crippen LogP) is 0.839. The number of hydrogen-bond donors (Lipinski definition) is 2. The van der Waals surface area contributed by atoms with Crippen molar-refractivity contribution in [2.24, 2.45) is 0 Å². The fourth-order valence-corrected chi connectivity index (χ4v) is 1.26. The van der Waals surface area contributed by atoms with Gasteiger partial charge >= 0.3 is 0 Å². The van der Waals surface area contributed by atoms with E-state index in [1.165, 1.54) is 0 Å². The van der Waals surface area contributed by atoms with Crippen molar-refractivity contribution in [2.75, 3.05) is 11.9 Å². The van der Waals surface area contributed by atoms with Crippen molar-refractivity contribution >= 4 is 11.9 Å². The van der Waals surface area contributed by atoms with E-state index in [4.69, 9.17) is 0 Å². The summed E-state index contributed by atoms with van der Waals surface area (Å²) in [4.78, 5) is 15.4. The number of nitrogens with zero attached hydrogens (tertiary/aromatic N) is 2. The molecule has 1 amide bonds. The summed E-state index contributed by atoms with van der Waals surface area (Å²) in [7, 11) is 0. The Kier molecular flexibility index (Phi) is 4.15. The summed E-state index contributed by atoms with van der Waals surface area (Å²) < 4.78 is 1.95. The molecular formula is C10H18N4O. The van der Waals surface area contributed by atoms with Crippen molar-refractivity contribution in [3.8, 4) is 0 Å². The van der Waals surface area contributed by atoms with Crippen LogP contribution in [0.1, 0.15) is 20.8 Å². The Morgan fingerprint density at radius 1 is 1.60 bits per heavy atom. The second-order valence-electron chi connectivity index (χ2n) is 3.61. The summed E-state index contributed by atoms with van der Waals surface area (Å²) in [6.07, 6.45) is 3.59. The molecule has 0 unspecified atom stereocenters. The van der Waals surface area contributed by atoms with Crippen LogP contribution in [0, 0.1) is 0 Å². The number of carbonyl (C=O) groups excluding carboxylic acids is 1. The molecule has 5 heteroatoms. The van der Waals surface area contributed by atoms with E-state index in [2.05, 4.69) is 15.6 Å². The van der Waals surface area contributed by atoms with Gasteiger partial charge in [-0.1, -0.05) is 0 Å². The third-order valence-electron chi connectivity index (χ3n) is 1.91. The van der Waals surface area contributed by atoms with Gasteiger partial charge in [0.2, 0.25) is 11.9 Å². The topological polar surface area (TPSA) is 59.0 Å². The standard InChI is InChI=1S/C10H18N4O/c1-4-14-6-5-11-10(14)12-7-9(15)13-8(2)3/h5-6,8H,4,7H2,1-3H3,(H,11,12)(H,13,15). The van der Waals surface area contributed by atoms with E-state index in [0.29, 0.717) is 0 Å². The van der Waals surface area contributed by atoms with Crippen LogP contribution in [0.5, 0.6) is 0 Å². The van der Waals surface area contributed by atoms with Gasteiger partial charge in [0.1, 0.15) is 0 Å². The number of amides is 1. The van der Waals surface area contributed by atoms with Crippen LogP contribution in [0.3, 0.4) is 0 Å². The Hall–Kier alpha value is -1.52.